The van der Waals surface area contributed by atoms with E-state index >= 15 is 35.1 Å². The number of aromatic nitrogens is 2. The van der Waals surface area contributed by atoms with Gasteiger partial charge in [-0.05, 0) is 48.5 Å². The van der Waals surface area contributed by atoms with E-state index in [1.807, 2.05) is 0 Å². The van der Waals surface area contributed by atoms with Gasteiger partial charge in [0.2, 0.25) is 104 Å². The third-order valence-electron chi connectivity index (χ3n) is 11.2. The topological polar surface area (TPSA) is 149 Å². The number of nitrogens with two attached hydrogens (primary N) is 2. The summed E-state index contributed by atoms with van der Waals surface area (Å²) in [7, 11) is 0. The summed E-state index contributed by atoms with van der Waals surface area (Å²) in [6.07, 6.45) is 0. The molecule has 10 nitrogen and oxygen atoms in total. The number of anilines is 2. The zero-order valence-corrected chi connectivity index (χ0v) is 34.9. The number of hydrogen-bond donors (Lipinski definition) is 2. The maximum atomic E-state index is 16.8. The summed E-state index contributed by atoms with van der Waals surface area (Å²) in [6.45, 7) is 0. The van der Waals surface area contributed by atoms with Crippen LogP contribution in [0.15, 0.2) is 67.7 Å². The molecule has 0 aliphatic carbocycles. The van der Waals surface area contributed by atoms with E-state index in [4.69, 9.17) is 11.5 Å². The second-order valence-corrected chi connectivity index (χ2v) is 15.2. The molecule has 0 saturated carbocycles. The molecule has 0 unspecified atom stereocenters. The lowest BCUT2D eigenvalue weighted by Gasteiger charge is -2.17. The van der Waals surface area contributed by atoms with Crippen LogP contribution >= 0.6 is 0 Å². The summed E-state index contributed by atoms with van der Waals surface area (Å²) in [5, 5.41) is -7.36. The highest BCUT2D eigenvalue weighted by Crippen LogP contribution is 2.48. The minimum absolute atomic E-state index is 0.0919. The Morgan fingerprint density at radius 1 is 0.270 bits per heavy atom. The molecular formula is C46H12F18N4O6. The van der Waals surface area contributed by atoms with Gasteiger partial charge in [0.05, 0.1) is 44.0 Å². The summed E-state index contributed by atoms with van der Waals surface area (Å²) in [4.78, 5) is 58.8. The largest absolute Gasteiger partial charge is 0.444 e. The Bertz CT molecular complexity index is 3760. The first-order valence-electron chi connectivity index (χ1n) is 19.6. The summed E-state index contributed by atoms with van der Waals surface area (Å²) in [6, 6.07) is 7.11. The summed E-state index contributed by atoms with van der Waals surface area (Å²) in [5.74, 6) is -63.3. The molecule has 0 aliphatic heterocycles. The quantitative estimate of drug-likeness (QED) is 0.0661. The van der Waals surface area contributed by atoms with Gasteiger partial charge in [-0.25, -0.2) is 53.0 Å². The van der Waals surface area contributed by atoms with Gasteiger partial charge in [0, 0.05) is 22.5 Å². The van der Waals surface area contributed by atoms with Crippen molar-refractivity contribution in [2.45, 2.75) is 0 Å². The third-order valence-corrected chi connectivity index (χ3v) is 11.2. The van der Waals surface area contributed by atoms with Gasteiger partial charge in [-0.1, -0.05) is 0 Å². The molecule has 2 aromatic heterocycles. The Kier molecular flexibility index (Phi) is 11.6. The van der Waals surface area contributed by atoms with Crippen LogP contribution in [0.3, 0.4) is 0 Å². The van der Waals surface area contributed by atoms with Gasteiger partial charge in [-0.15, -0.1) is 0 Å². The number of fused-ring (bicyclic) bond motifs is 2. The van der Waals surface area contributed by atoms with E-state index in [9.17, 15) is 63.1 Å². The second kappa shape index (κ2) is 17.2. The number of ether oxygens (including phenoxy) is 2. The maximum Gasteiger partial charge on any atom is 0.266 e. The van der Waals surface area contributed by atoms with Crippen LogP contribution in [-0.4, -0.2) is 9.13 Å². The van der Waals surface area contributed by atoms with Gasteiger partial charge in [0.25, 0.3) is 22.2 Å². The van der Waals surface area contributed by atoms with Crippen LogP contribution in [0.2, 0.25) is 0 Å². The van der Waals surface area contributed by atoms with Crippen LogP contribution < -0.4 is 43.2 Å². The molecule has 0 radical (unpaired) electrons. The van der Waals surface area contributed by atoms with Crippen LogP contribution in [0.25, 0.3) is 55.2 Å². The molecule has 2 heterocycles. The lowest BCUT2D eigenvalue weighted by Crippen LogP contribution is -2.24. The number of halogens is 18. The van der Waals surface area contributed by atoms with Crippen molar-refractivity contribution in [3.8, 4) is 56.6 Å². The summed E-state index contributed by atoms with van der Waals surface area (Å²) >= 11 is 0. The van der Waals surface area contributed by atoms with Crippen LogP contribution in [0.1, 0.15) is 0 Å². The molecule has 4 N–H and O–H groups in total. The normalized spacial score (nSPS) is 11.7. The van der Waals surface area contributed by atoms with Crippen molar-refractivity contribution in [2.24, 2.45) is 0 Å². The van der Waals surface area contributed by atoms with Crippen molar-refractivity contribution in [1.29, 1.82) is 0 Å². The average Bonchev–Trinajstić information content (AvgIpc) is 3.79. The maximum absolute atomic E-state index is 16.8. The highest BCUT2D eigenvalue weighted by atomic mass is 19.2. The Hall–Kier alpha value is -9.24. The minimum atomic E-state index is -3.01. The number of rotatable bonds is 8. The first kappa shape index (κ1) is 49.7. The fourth-order valence-electron chi connectivity index (χ4n) is 7.85. The van der Waals surface area contributed by atoms with Crippen molar-refractivity contribution < 1.29 is 88.5 Å². The fraction of sp³-hybridized carbons (Fsp3) is 0. The molecule has 74 heavy (non-hydrogen) atoms. The molecule has 0 saturated heterocycles. The molecule has 9 aromatic rings. The molecule has 7 aromatic carbocycles. The van der Waals surface area contributed by atoms with Gasteiger partial charge in [-0.2, -0.15) is 35.1 Å². The molecule has 0 bridgehead atoms. The average molecular weight is 1060 g/mol. The van der Waals surface area contributed by atoms with E-state index in [1.54, 1.807) is 0 Å². The van der Waals surface area contributed by atoms with Crippen LogP contribution in [0.5, 0.6) is 23.0 Å². The van der Waals surface area contributed by atoms with Gasteiger partial charge in [-0.3, -0.25) is 19.2 Å². The predicted molar refractivity (Wildman–Crippen MR) is 220 cm³/mol. The molecule has 0 atom stereocenters. The number of hydrogen-bond acceptors (Lipinski definition) is 8. The fourth-order valence-corrected chi connectivity index (χ4v) is 7.85. The first-order valence-corrected chi connectivity index (χ1v) is 19.6. The van der Waals surface area contributed by atoms with Crippen molar-refractivity contribution in [3.63, 3.8) is 0 Å². The van der Waals surface area contributed by atoms with E-state index in [2.05, 4.69) is 9.47 Å². The standard InChI is InChI=1S/C46H12F18N4O6/c47-21-19(22(48)32(58)39(31(21)57)73-41-35(61)27(53)25(51)28(54)36(41)62)13-15-16(44(70)67(43(15)69)11-5-1-9(65)2-6-11)14(18-17(13)45(71)68(46(18)72)12-7-3-10(66)4-8-12)20-23(49)33(59)40(34(60)24(20)50)74-42-37(63)29(55)26(52)30(56)38(42)64/h1-8H,65-66H2. The third kappa shape index (κ3) is 6.86. The molecule has 28 heteroatoms. The zero-order chi connectivity index (χ0) is 54.2. The molecular weight excluding hydrogens is 1050 g/mol. The lowest BCUT2D eigenvalue weighted by atomic mass is 9.88. The van der Waals surface area contributed by atoms with Gasteiger partial charge in [0.1, 0.15) is 0 Å². The molecule has 0 fully saturated rings. The second-order valence-electron chi connectivity index (χ2n) is 15.2. The molecule has 378 valence electrons. The highest BCUT2D eigenvalue weighted by Gasteiger charge is 2.41. The molecule has 0 spiro atoms. The molecule has 0 aliphatic rings. The zero-order valence-electron chi connectivity index (χ0n) is 34.9. The Balaban J connectivity index is 1.48. The smallest absolute Gasteiger partial charge is 0.266 e. The Morgan fingerprint density at radius 3 is 0.676 bits per heavy atom. The van der Waals surface area contributed by atoms with E-state index in [0.717, 1.165) is 48.5 Å². The van der Waals surface area contributed by atoms with E-state index in [-0.39, 0.29) is 20.5 Å². The van der Waals surface area contributed by atoms with Crippen LogP contribution in [-0.2, 0) is 0 Å². The van der Waals surface area contributed by atoms with Crippen molar-refractivity contribution in [3.05, 3.63) is 195 Å². The van der Waals surface area contributed by atoms with Crippen LogP contribution in [0, 0.1) is 105 Å². The Morgan fingerprint density at radius 2 is 0.459 bits per heavy atom. The van der Waals surface area contributed by atoms with E-state index in [0.29, 0.717) is 0 Å². The van der Waals surface area contributed by atoms with E-state index in [1.165, 1.54) is 0 Å². The van der Waals surface area contributed by atoms with Crippen LogP contribution in [0.4, 0.5) is 90.4 Å². The van der Waals surface area contributed by atoms with Gasteiger partial charge in [0.15, 0.2) is 23.3 Å². The summed E-state index contributed by atoms with van der Waals surface area (Å²) < 4.78 is 282. The number of nitrogen functional groups attached to an aromatic ring is 2. The van der Waals surface area contributed by atoms with Gasteiger partial charge >= 0.3 is 0 Å². The summed E-state index contributed by atoms with van der Waals surface area (Å²) in [5.41, 5.74) is -7.21. The number of nitrogens with zero attached hydrogens (tertiary/aromatic N) is 2. The number of benzene rings is 7. The molecule has 0 amide bonds. The van der Waals surface area contributed by atoms with Crippen molar-refractivity contribution >= 4 is 32.9 Å². The SMILES string of the molecule is Nc1ccc(-n2c(=O)c3c(-c4c(F)c(F)c(Oc5c(F)c(F)c(F)c(F)c5F)c(F)c4F)c4c(=O)n(-c5ccc(N)cc5)c(=O)c4c(-c4c(F)c(F)c(Oc5c(F)c(F)c(F)c(F)c5F)c(F)c4F)c3c2=O)cc1. The van der Waals surface area contributed by atoms with Crippen molar-refractivity contribution in [1.82, 2.24) is 9.13 Å². The molecule has 9 rings (SSSR count). The minimum Gasteiger partial charge on any atom is -0.444 e. The Labute approximate surface area is 393 Å². The predicted octanol–water partition coefficient (Wildman–Crippen LogP) is 10.5. The monoisotopic (exact) mass is 1060 g/mol. The first-order chi connectivity index (χ1) is 34.8. The van der Waals surface area contributed by atoms with Gasteiger partial charge < -0.3 is 20.9 Å². The van der Waals surface area contributed by atoms with Crippen molar-refractivity contribution in [2.75, 3.05) is 11.5 Å². The lowest BCUT2D eigenvalue weighted by molar-refractivity contribution is 0.309. The highest BCUT2D eigenvalue weighted by molar-refractivity contribution is 6.21. The van der Waals surface area contributed by atoms with E-state index < -0.39 is 205 Å².